The predicted molar refractivity (Wildman–Crippen MR) is 121 cm³/mol. The topological polar surface area (TPSA) is 127 Å². The molecule has 0 spiro atoms. The Kier molecular flexibility index (Phi) is 6.55. The SMILES string of the molecule is CC(C)NC(=O)c1c[nH]c2ncc(C(=N)c3ccc(Cl)cc3NCC(=O)N(C)C)nc12. The number of carbonyl (C=O) groups is 2. The number of aromatic nitrogens is 3. The van der Waals surface area contributed by atoms with Crippen molar-refractivity contribution in [3.8, 4) is 0 Å². The van der Waals surface area contributed by atoms with Crippen molar-refractivity contribution in [3.05, 3.63) is 52.4 Å². The summed E-state index contributed by atoms with van der Waals surface area (Å²) in [6.07, 6.45) is 3.02. The number of hydrogen-bond acceptors (Lipinski definition) is 6. The largest absolute Gasteiger partial charge is 0.376 e. The molecule has 0 unspecified atom stereocenters. The molecule has 0 saturated carbocycles. The number of anilines is 1. The predicted octanol–water partition coefficient (Wildman–Crippen LogP) is 2.67. The molecule has 2 aromatic heterocycles. The van der Waals surface area contributed by atoms with E-state index in [9.17, 15) is 9.59 Å². The molecule has 2 amide bonds. The average molecular weight is 442 g/mol. The fraction of sp³-hybridized carbons (Fsp3) is 0.286. The number of nitrogens with one attached hydrogen (secondary N) is 4. The second-order valence-electron chi connectivity index (χ2n) is 7.49. The molecule has 0 bridgehead atoms. The van der Waals surface area contributed by atoms with Crippen LogP contribution in [0, 0.1) is 5.41 Å². The van der Waals surface area contributed by atoms with E-state index in [4.69, 9.17) is 17.0 Å². The van der Waals surface area contributed by atoms with Gasteiger partial charge in [-0.15, -0.1) is 0 Å². The normalized spacial score (nSPS) is 10.9. The molecule has 9 nitrogen and oxygen atoms in total. The van der Waals surface area contributed by atoms with Crippen LogP contribution in [0.25, 0.3) is 11.2 Å². The first-order chi connectivity index (χ1) is 14.7. The van der Waals surface area contributed by atoms with Crippen molar-refractivity contribution in [3.63, 3.8) is 0 Å². The summed E-state index contributed by atoms with van der Waals surface area (Å²) in [6, 6.07) is 4.97. The lowest BCUT2D eigenvalue weighted by molar-refractivity contribution is -0.126. The summed E-state index contributed by atoms with van der Waals surface area (Å²) in [5.74, 6) is -0.387. The number of amides is 2. The summed E-state index contributed by atoms with van der Waals surface area (Å²) in [5.41, 5.74) is 2.60. The molecule has 0 saturated heterocycles. The summed E-state index contributed by atoms with van der Waals surface area (Å²) >= 11 is 6.12. The molecule has 0 aliphatic heterocycles. The standard InChI is InChI=1S/C21H24ClN7O2/c1-11(2)27-21(31)14-8-25-20-19(14)28-16(9-26-20)18(23)13-6-5-12(22)7-15(13)24-10-17(30)29(3)4/h5-9,11,23-24H,10H2,1-4H3,(H,25,26)(H,27,31). The van der Waals surface area contributed by atoms with E-state index in [1.165, 1.54) is 11.1 Å². The van der Waals surface area contributed by atoms with Crippen molar-refractivity contribution in [2.75, 3.05) is 26.0 Å². The van der Waals surface area contributed by atoms with Crippen molar-refractivity contribution < 1.29 is 9.59 Å². The van der Waals surface area contributed by atoms with Crippen LogP contribution in [0.5, 0.6) is 0 Å². The lowest BCUT2D eigenvalue weighted by atomic mass is 10.0. The molecule has 3 rings (SSSR count). The van der Waals surface area contributed by atoms with E-state index in [0.717, 1.165) is 0 Å². The van der Waals surface area contributed by atoms with Gasteiger partial charge in [-0.25, -0.2) is 9.97 Å². The highest BCUT2D eigenvalue weighted by molar-refractivity contribution is 6.31. The second kappa shape index (κ2) is 9.13. The Morgan fingerprint density at radius 3 is 2.68 bits per heavy atom. The van der Waals surface area contributed by atoms with Crippen molar-refractivity contribution in [1.29, 1.82) is 5.41 Å². The molecule has 162 valence electrons. The van der Waals surface area contributed by atoms with E-state index in [-0.39, 0.29) is 35.8 Å². The maximum absolute atomic E-state index is 12.5. The summed E-state index contributed by atoms with van der Waals surface area (Å²) in [7, 11) is 3.33. The number of H-pyrrole nitrogens is 1. The van der Waals surface area contributed by atoms with Crippen LogP contribution in [0.15, 0.2) is 30.6 Å². The lowest BCUT2D eigenvalue weighted by Gasteiger charge is -2.15. The van der Waals surface area contributed by atoms with Crippen LogP contribution in [0.2, 0.25) is 5.02 Å². The molecule has 3 aromatic rings. The summed E-state index contributed by atoms with van der Waals surface area (Å²) in [4.78, 5) is 37.6. The molecule has 0 radical (unpaired) electrons. The van der Waals surface area contributed by atoms with Gasteiger partial charge in [0, 0.05) is 42.6 Å². The third-order valence-electron chi connectivity index (χ3n) is 4.48. The van der Waals surface area contributed by atoms with Crippen molar-refractivity contribution in [1.82, 2.24) is 25.2 Å². The zero-order valence-corrected chi connectivity index (χ0v) is 18.5. The molecule has 1 aromatic carbocycles. The van der Waals surface area contributed by atoms with Gasteiger partial charge in [0.1, 0.15) is 11.2 Å². The number of carbonyl (C=O) groups excluding carboxylic acids is 2. The van der Waals surface area contributed by atoms with E-state index < -0.39 is 0 Å². The molecule has 0 aliphatic carbocycles. The fourth-order valence-corrected chi connectivity index (χ4v) is 3.04. The van der Waals surface area contributed by atoms with Crippen molar-refractivity contribution in [2.45, 2.75) is 19.9 Å². The Morgan fingerprint density at radius 1 is 1.26 bits per heavy atom. The average Bonchev–Trinajstić information content (AvgIpc) is 3.14. The summed E-state index contributed by atoms with van der Waals surface area (Å²) in [5, 5.41) is 15.0. The first-order valence-electron chi connectivity index (χ1n) is 9.65. The Labute approximate surface area is 184 Å². The van der Waals surface area contributed by atoms with Crippen LogP contribution in [0.1, 0.15) is 35.5 Å². The monoisotopic (exact) mass is 441 g/mol. The van der Waals surface area contributed by atoms with E-state index in [1.54, 1.807) is 38.5 Å². The molecule has 0 atom stereocenters. The first kappa shape index (κ1) is 22.2. The highest BCUT2D eigenvalue weighted by Crippen LogP contribution is 2.24. The molecular weight excluding hydrogens is 418 g/mol. The molecular formula is C21H24ClN7O2. The van der Waals surface area contributed by atoms with Gasteiger partial charge in [-0.3, -0.25) is 15.0 Å². The molecule has 4 N–H and O–H groups in total. The van der Waals surface area contributed by atoms with E-state index in [1.807, 2.05) is 13.8 Å². The number of aromatic amines is 1. The van der Waals surface area contributed by atoms with Gasteiger partial charge in [0.2, 0.25) is 5.91 Å². The molecule has 2 heterocycles. The Bertz CT molecular complexity index is 1150. The quantitative estimate of drug-likeness (QED) is 0.419. The van der Waals surface area contributed by atoms with E-state index >= 15 is 0 Å². The Hall–Kier alpha value is -3.46. The highest BCUT2D eigenvalue weighted by atomic mass is 35.5. The van der Waals surface area contributed by atoms with Gasteiger partial charge in [-0.1, -0.05) is 11.6 Å². The number of likely N-dealkylation sites (N-methyl/N-ethyl adjacent to an activating group) is 1. The second-order valence-corrected chi connectivity index (χ2v) is 7.93. The minimum atomic E-state index is -0.268. The third-order valence-corrected chi connectivity index (χ3v) is 4.72. The van der Waals surface area contributed by atoms with Crippen molar-refractivity contribution >= 4 is 46.0 Å². The van der Waals surface area contributed by atoms with Gasteiger partial charge in [0.25, 0.3) is 5.91 Å². The molecule has 31 heavy (non-hydrogen) atoms. The number of nitrogens with zero attached hydrogens (tertiary/aromatic N) is 3. The maximum atomic E-state index is 12.5. The number of benzene rings is 1. The molecule has 0 aliphatic rings. The smallest absolute Gasteiger partial charge is 0.255 e. The lowest BCUT2D eigenvalue weighted by Crippen LogP contribution is -2.30. The van der Waals surface area contributed by atoms with Crippen LogP contribution in [0.4, 0.5) is 5.69 Å². The molecule has 0 fully saturated rings. The first-order valence-corrected chi connectivity index (χ1v) is 10.0. The Balaban J connectivity index is 1.95. The van der Waals surface area contributed by atoms with Crippen molar-refractivity contribution in [2.24, 2.45) is 0 Å². The number of halogens is 1. The van der Waals surface area contributed by atoms with Crippen LogP contribution < -0.4 is 10.6 Å². The van der Waals surface area contributed by atoms with Crippen LogP contribution in [0.3, 0.4) is 0 Å². The van der Waals surface area contributed by atoms with Gasteiger partial charge in [-0.05, 0) is 32.0 Å². The van der Waals surface area contributed by atoms with Gasteiger partial charge >= 0.3 is 0 Å². The third kappa shape index (κ3) is 5.00. The highest BCUT2D eigenvalue weighted by Gasteiger charge is 2.18. The minimum Gasteiger partial charge on any atom is -0.376 e. The number of fused-ring (bicyclic) bond motifs is 1. The minimum absolute atomic E-state index is 0.0283. The van der Waals surface area contributed by atoms with Crippen LogP contribution >= 0.6 is 11.6 Å². The number of hydrogen-bond donors (Lipinski definition) is 4. The van der Waals surface area contributed by atoms with E-state index in [2.05, 4.69) is 25.6 Å². The zero-order chi connectivity index (χ0) is 22.7. The zero-order valence-electron chi connectivity index (χ0n) is 17.7. The van der Waals surface area contributed by atoms with Gasteiger partial charge in [0.15, 0.2) is 5.65 Å². The Morgan fingerprint density at radius 2 is 2.00 bits per heavy atom. The van der Waals surface area contributed by atoms with Gasteiger partial charge in [0.05, 0.1) is 24.0 Å². The van der Waals surface area contributed by atoms with Gasteiger partial charge in [-0.2, -0.15) is 0 Å². The number of rotatable bonds is 7. The van der Waals surface area contributed by atoms with Crippen LogP contribution in [-0.4, -0.2) is 64.1 Å². The van der Waals surface area contributed by atoms with Crippen LogP contribution in [-0.2, 0) is 4.79 Å². The maximum Gasteiger partial charge on any atom is 0.255 e. The van der Waals surface area contributed by atoms with E-state index in [0.29, 0.717) is 33.0 Å². The van der Waals surface area contributed by atoms with Gasteiger partial charge < -0.3 is 20.5 Å². The summed E-state index contributed by atoms with van der Waals surface area (Å²) < 4.78 is 0. The molecule has 10 heteroatoms. The summed E-state index contributed by atoms with van der Waals surface area (Å²) in [6.45, 7) is 3.79. The fourth-order valence-electron chi connectivity index (χ4n) is 2.87.